The Morgan fingerprint density at radius 1 is 1.12 bits per heavy atom. The highest BCUT2D eigenvalue weighted by molar-refractivity contribution is 6.30. The van der Waals surface area contributed by atoms with Gasteiger partial charge < -0.3 is 9.84 Å². The van der Waals surface area contributed by atoms with Gasteiger partial charge in [0.25, 0.3) is 0 Å². The number of alkyl halides is 3. The average molecular weight is 495 g/mol. The molecule has 0 aliphatic carbocycles. The number of rotatable bonds is 7. The van der Waals surface area contributed by atoms with Gasteiger partial charge >= 0.3 is 12.1 Å². The van der Waals surface area contributed by atoms with E-state index in [0.717, 1.165) is 23.3 Å². The number of carbonyl (C=O) groups is 1. The molecule has 3 aromatic rings. The summed E-state index contributed by atoms with van der Waals surface area (Å²) in [5, 5.41) is 13.7. The normalized spacial score (nSPS) is 12.1. The molecule has 0 saturated carbocycles. The molecule has 0 unspecified atom stereocenters. The molecule has 34 heavy (non-hydrogen) atoms. The second-order valence-corrected chi connectivity index (χ2v) is 9.45. The summed E-state index contributed by atoms with van der Waals surface area (Å²) in [4.78, 5) is 10.8. The molecule has 1 heterocycles. The summed E-state index contributed by atoms with van der Waals surface area (Å²) >= 11 is 6.64. The van der Waals surface area contributed by atoms with E-state index in [1.54, 1.807) is 6.07 Å². The zero-order valence-corrected chi connectivity index (χ0v) is 20.1. The summed E-state index contributed by atoms with van der Waals surface area (Å²) in [5.41, 5.74) is 2.43. The van der Waals surface area contributed by atoms with Crippen molar-refractivity contribution >= 4 is 17.6 Å². The van der Waals surface area contributed by atoms with E-state index in [2.05, 4.69) is 5.10 Å². The van der Waals surface area contributed by atoms with Gasteiger partial charge in [0.2, 0.25) is 0 Å². The largest absolute Gasteiger partial charge is 0.489 e. The monoisotopic (exact) mass is 494 g/mol. The predicted molar refractivity (Wildman–Crippen MR) is 124 cm³/mol. The van der Waals surface area contributed by atoms with Crippen molar-refractivity contribution in [2.24, 2.45) is 0 Å². The Labute approximate surface area is 201 Å². The Morgan fingerprint density at radius 3 is 2.29 bits per heavy atom. The third-order valence-electron chi connectivity index (χ3n) is 5.38. The summed E-state index contributed by atoms with van der Waals surface area (Å²) in [6.07, 6.45) is -3.95. The van der Waals surface area contributed by atoms with E-state index in [4.69, 9.17) is 21.4 Å². The lowest BCUT2D eigenvalue weighted by Gasteiger charge is -2.18. The molecule has 0 amide bonds. The highest BCUT2D eigenvalue weighted by Gasteiger charge is 2.31. The van der Waals surface area contributed by atoms with Crippen molar-refractivity contribution in [2.75, 3.05) is 0 Å². The lowest BCUT2D eigenvalue weighted by molar-refractivity contribution is -0.138. The summed E-state index contributed by atoms with van der Waals surface area (Å²) < 4.78 is 46.2. The second-order valence-electron chi connectivity index (χ2n) is 9.10. The number of aromatic nitrogens is 2. The number of nitrogens with zero attached hydrogens (tertiary/aromatic N) is 2. The molecule has 9 heteroatoms. The average Bonchev–Trinajstić information content (AvgIpc) is 3.07. The zero-order valence-electron chi connectivity index (χ0n) is 19.3. The van der Waals surface area contributed by atoms with Crippen molar-refractivity contribution in [1.82, 2.24) is 9.78 Å². The second kappa shape index (κ2) is 9.70. The van der Waals surface area contributed by atoms with Crippen LogP contribution in [0.2, 0.25) is 5.15 Å². The molecule has 0 radical (unpaired) electrons. The van der Waals surface area contributed by atoms with Crippen molar-refractivity contribution in [3.05, 3.63) is 75.6 Å². The van der Waals surface area contributed by atoms with Crippen LogP contribution in [0.25, 0.3) is 5.69 Å². The first kappa shape index (κ1) is 25.6. The third-order valence-corrected chi connectivity index (χ3v) is 5.76. The summed E-state index contributed by atoms with van der Waals surface area (Å²) in [6, 6.07) is 10.1. The molecule has 0 atom stereocenters. The minimum atomic E-state index is -4.43. The highest BCUT2D eigenvalue weighted by atomic mass is 35.5. The number of hydrogen-bond donors (Lipinski definition) is 1. The van der Waals surface area contributed by atoms with Crippen molar-refractivity contribution in [1.29, 1.82) is 0 Å². The highest BCUT2D eigenvalue weighted by Crippen LogP contribution is 2.34. The van der Waals surface area contributed by atoms with Crippen molar-refractivity contribution in [3.8, 4) is 11.4 Å². The molecule has 3 rings (SSSR count). The van der Waals surface area contributed by atoms with Crippen LogP contribution < -0.4 is 4.74 Å². The summed E-state index contributed by atoms with van der Waals surface area (Å²) in [6.45, 7) is 7.90. The first-order valence-electron chi connectivity index (χ1n) is 10.7. The van der Waals surface area contributed by atoms with Crippen LogP contribution in [0, 0.1) is 6.92 Å². The smallest absolute Gasteiger partial charge is 0.416 e. The van der Waals surface area contributed by atoms with Gasteiger partial charge in [-0.05, 0) is 60.9 Å². The van der Waals surface area contributed by atoms with E-state index >= 15 is 0 Å². The number of hydrogen-bond acceptors (Lipinski definition) is 3. The maximum atomic E-state index is 12.9. The van der Waals surface area contributed by atoms with Gasteiger partial charge in [-0.25, -0.2) is 4.68 Å². The van der Waals surface area contributed by atoms with Gasteiger partial charge in [0.15, 0.2) is 0 Å². The molecule has 2 aromatic carbocycles. The van der Waals surface area contributed by atoms with Gasteiger partial charge in [-0.3, -0.25) is 4.79 Å². The maximum absolute atomic E-state index is 12.9. The molecule has 5 nitrogen and oxygen atoms in total. The molecular formula is C25H26ClF3N2O3. The van der Waals surface area contributed by atoms with Gasteiger partial charge in [-0.2, -0.15) is 18.3 Å². The van der Waals surface area contributed by atoms with E-state index < -0.39 is 23.1 Å². The van der Waals surface area contributed by atoms with Crippen LogP contribution in [0.5, 0.6) is 5.75 Å². The first-order valence-corrected chi connectivity index (χ1v) is 11.0. The SMILES string of the molecule is Cc1cc(OCc2c(C(C)(C)C)nn(-c3ccc(C(F)(F)F)cc3)c2Cl)ccc1CCC(=O)O. The fourth-order valence-corrected chi connectivity index (χ4v) is 3.84. The Balaban J connectivity index is 1.88. The van der Waals surface area contributed by atoms with Gasteiger partial charge in [0, 0.05) is 11.8 Å². The number of halogens is 4. The van der Waals surface area contributed by atoms with E-state index in [9.17, 15) is 18.0 Å². The van der Waals surface area contributed by atoms with Crippen molar-refractivity contribution < 1.29 is 27.8 Å². The molecular weight excluding hydrogens is 469 g/mol. The van der Waals surface area contributed by atoms with E-state index in [1.165, 1.54) is 16.8 Å². The number of aryl methyl sites for hydroxylation is 2. The van der Waals surface area contributed by atoms with Gasteiger partial charge in [-0.15, -0.1) is 0 Å². The van der Waals surface area contributed by atoms with E-state index in [-0.39, 0.29) is 18.2 Å². The third kappa shape index (κ3) is 5.91. The minimum Gasteiger partial charge on any atom is -0.489 e. The number of carboxylic acids is 1. The fraction of sp³-hybridized carbons (Fsp3) is 0.360. The molecule has 182 valence electrons. The maximum Gasteiger partial charge on any atom is 0.416 e. The number of aliphatic carboxylic acids is 1. The molecule has 0 spiro atoms. The number of benzene rings is 2. The topological polar surface area (TPSA) is 64.4 Å². The van der Waals surface area contributed by atoms with Gasteiger partial charge in [0.1, 0.15) is 17.5 Å². The summed E-state index contributed by atoms with van der Waals surface area (Å²) in [7, 11) is 0. The molecule has 1 aromatic heterocycles. The quantitative estimate of drug-likeness (QED) is 0.394. The van der Waals surface area contributed by atoms with Crippen molar-refractivity contribution in [3.63, 3.8) is 0 Å². The first-order chi connectivity index (χ1) is 15.8. The van der Waals surface area contributed by atoms with Crippen LogP contribution in [-0.4, -0.2) is 20.9 Å². The predicted octanol–water partition coefficient (Wildman–Crippen LogP) is 6.75. The number of ether oxygens (including phenoxy) is 1. The molecule has 0 aliphatic heterocycles. The Kier molecular flexibility index (Phi) is 7.31. The van der Waals surface area contributed by atoms with Crippen LogP contribution in [0.3, 0.4) is 0 Å². The molecule has 0 fully saturated rings. The zero-order chi connectivity index (χ0) is 25.3. The lowest BCUT2D eigenvalue weighted by Crippen LogP contribution is -2.15. The molecule has 0 aliphatic rings. The van der Waals surface area contributed by atoms with E-state index in [0.29, 0.717) is 29.1 Å². The molecule has 0 saturated heterocycles. The standard InChI is InChI=1S/C25H26ClF3N2O3/c1-15-13-19(11-5-16(15)6-12-21(32)33)34-14-20-22(24(2,3)4)30-31(23(20)26)18-9-7-17(8-10-18)25(27,28)29/h5,7-11,13H,6,12,14H2,1-4H3,(H,32,33). The Bertz CT molecular complexity index is 1180. The minimum absolute atomic E-state index is 0.0503. The van der Waals surface area contributed by atoms with Gasteiger partial charge in [-0.1, -0.05) is 38.4 Å². The number of carboxylic acid groups (broad SMARTS) is 1. The lowest BCUT2D eigenvalue weighted by atomic mass is 9.90. The Hall–Kier alpha value is -3.00. The molecule has 0 bridgehead atoms. The van der Waals surface area contributed by atoms with Crippen LogP contribution in [0.15, 0.2) is 42.5 Å². The van der Waals surface area contributed by atoms with Crippen LogP contribution in [0.4, 0.5) is 13.2 Å². The Morgan fingerprint density at radius 2 is 1.76 bits per heavy atom. The van der Waals surface area contributed by atoms with Crippen LogP contribution >= 0.6 is 11.6 Å². The summed E-state index contributed by atoms with van der Waals surface area (Å²) in [5.74, 6) is -0.260. The van der Waals surface area contributed by atoms with E-state index in [1.807, 2.05) is 39.8 Å². The van der Waals surface area contributed by atoms with Crippen LogP contribution in [0.1, 0.15) is 55.1 Å². The van der Waals surface area contributed by atoms with Crippen LogP contribution in [-0.2, 0) is 29.4 Å². The molecule has 1 N–H and O–H groups in total. The van der Waals surface area contributed by atoms with Gasteiger partial charge in [0.05, 0.1) is 22.5 Å². The van der Waals surface area contributed by atoms with Crippen molar-refractivity contribution in [2.45, 2.75) is 58.7 Å². The fourth-order valence-electron chi connectivity index (χ4n) is 3.56.